The Morgan fingerprint density at radius 3 is 2.22 bits per heavy atom. The van der Waals surface area contributed by atoms with Crippen molar-refractivity contribution in [2.45, 2.75) is 26.8 Å². The van der Waals surface area contributed by atoms with Gasteiger partial charge in [0.1, 0.15) is 5.75 Å². The topological polar surface area (TPSA) is 35.2 Å². The molecule has 0 aliphatic heterocycles. The Hall–Kier alpha value is -1.54. The maximum atomic E-state index is 6.29. The summed E-state index contributed by atoms with van der Waals surface area (Å²) in [5.74, 6) is 0.885. The van der Waals surface area contributed by atoms with E-state index in [2.05, 4.69) is 45.0 Å². The molecule has 2 rings (SSSR count). The van der Waals surface area contributed by atoms with Crippen molar-refractivity contribution < 1.29 is 4.74 Å². The van der Waals surface area contributed by atoms with Crippen LogP contribution in [0.25, 0.3) is 10.8 Å². The van der Waals surface area contributed by atoms with Crippen LogP contribution in [0.5, 0.6) is 5.75 Å². The van der Waals surface area contributed by atoms with Crippen LogP contribution >= 0.6 is 0 Å². The van der Waals surface area contributed by atoms with E-state index >= 15 is 0 Å². The summed E-state index contributed by atoms with van der Waals surface area (Å²) in [7, 11) is 1.69. The first-order valence-electron chi connectivity index (χ1n) is 6.25. The minimum absolute atomic E-state index is 0.0454. The molecule has 2 aromatic carbocycles. The van der Waals surface area contributed by atoms with Gasteiger partial charge in [0.15, 0.2) is 0 Å². The van der Waals surface area contributed by atoms with Crippen molar-refractivity contribution >= 4 is 10.8 Å². The van der Waals surface area contributed by atoms with Gasteiger partial charge in [-0.1, -0.05) is 39.0 Å². The fourth-order valence-corrected chi connectivity index (χ4v) is 2.06. The van der Waals surface area contributed by atoms with Crippen molar-refractivity contribution in [2.24, 2.45) is 11.1 Å². The fourth-order valence-electron chi connectivity index (χ4n) is 2.06. The summed E-state index contributed by atoms with van der Waals surface area (Å²) >= 11 is 0. The summed E-state index contributed by atoms with van der Waals surface area (Å²) in [6.07, 6.45) is 0. The Bertz CT molecular complexity index is 555. The molecular weight excluding hydrogens is 222 g/mol. The van der Waals surface area contributed by atoms with Gasteiger partial charge in [0.25, 0.3) is 0 Å². The van der Waals surface area contributed by atoms with Gasteiger partial charge >= 0.3 is 0 Å². The zero-order chi connectivity index (χ0) is 13.3. The second kappa shape index (κ2) is 4.62. The van der Waals surface area contributed by atoms with Crippen LogP contribution in [0.1, 0.15) is 32.4 Å². The number of hydrogen-bond acceptors (Lipinski definition) is 2. The molecule has 0 saturated carbocycles. The van der Waals surface area contributed by atoms with E-state index in [0.29, 0.717) is 0 Å². The predicted octanol–water partition coefficient (Wildman–Crippen LogP) is 3.89. The van der Waals surface area contributed by atoms with E-state index in [1.807, 2.05) is 12.1 Å². The number of benzene rings is 2. The van der Waals surface area contributed by atoms with Crippen LogP contribution in [-0.4, -0.2) is 7.11 Å². The van der Waals surface area contributed by atoms with Crippen molar-refractivity contribution in [3.8, 4) is 5.75 Å². The zero-order valence-electron chi connectivity index (χ0n) is 11.5. The molecule has 2 nitrogen and oxygen atoms in total. The standard InChI is InChI=1S/C16H21NO/c1-16(2,3)15(17)13-6-5-12-10-14(18-4)8-7-11(12)9-13/h5-10,15H,17H2,1-4H3. The van der Waals surface area contributed by atoms with Crippen LogP contribution in [0.2, 0.25) is 0 Å². The smallest absolute Gasteiger partial charge is 0.119 e. The maximum Gasteiger partial charge on any atom is 0.119 e. The molecule has 0 heterocycles. The largest absolute Gasteiger partial charge is 0.497 e. The first kappa shape index (κ1) is 12.9. The molecule has 2 aromatic rings. The Balaban J connectivity index is 2.45. The fraction of sp³-hybridized carbons (Fsp3) is 0.375. The highest BCUT2D eigenvalue weighted by Gasteiger charge is 2.22. The van der Waals surface area contributed by atoms with Crippen LogP contribution in [0.3, 0.4) is 0 Å². The molecule has 0 aliphatic carbocycles. The van der Waals surface area contributed by atoms with Gasteiger partial charge in [-0.15, -0.1) is 0 Å². The van der Waals surface area contributed by atoms with Gasteiger partial charge in [0.2, 0.25) is 0 Å². The van der Waals surface area contributed by atoms with Gasteiger partial charge in [-0.25, -0.2) is 0 Å². The molecule has 1 atom stereocenters. The number of hydrogen-bond donors (Lipinski definition) is 1. The second-order valence-corrected chi connectivity index (χ2v) is 5.82. The van der Waals surface area contributed by atoms with Gasteiger partial charge in [-0.3, -0.25) is 0 Å². The average molecular weight is 243 g/mol. The van der Waals surface area contributed by atoms with Gasteiger partial charge < -0.3 is 10.5 Å². The van der Waals surface area contributed by atoms with Gasteiger partial charge in [0, 0.05) is 6.04 Å². The summed E-state index contributed by atoms with van der Waals surface area (Å²) in [6.45, 7) is 6.49. The lowest BCUT2D eigenvalue weighted by Crippen LogP contribution is -2.26. The van der Waals surface area contributed by atoms with Crippen LogP contribution in [0.4, 0.5) is 0 Å². The minimum Gasteiger partial charge on any atom is -0.497 e. The van der Waals surface area contributed by atoms with E-state index in [-0.39, 0.29) is 11.5 Å². The molecule has 0 amide bonds. The second-order valence-electron chi connectivity index (χ2n) is 5.82. The highest BCUT2D eigenvalue weighted by atomic mass is 16.5. The lowest BCUT2D eigenvalue weighted by Gasteiger charge is -2.27. The number of ether oxygens (including phenoxy) is 1. The van der Waals surface area contributed by atoms with Crippen molar-refractivity contribution in [1.29, 1.82) is 0 Å². The van der Waals surface area contributed by atoms with E-state index in [1.165, 1.54) is 16.3 Å². The number of nitrogens with two attached hydrogens (primary N) is 1. The predicted molar refractivity (Wildman–Crippen MR) is 76.9 cm³/mol. The summed E-state index contributed by atoms with van der Waals surface area (Å²) in [5.41, 5.74) is 7.54. The van der Waals surface area contributed by atoms with Crippen molar-refractivity contribution in [1.82, 2.24) is 0 Å². The molecule has 0 spiro atoms. The molecule has 2 heteroatoms. The molecule has 0 aliphatic rings. The Labute approximate surface area is 109 Å². The van der Waals surface area contributed by atoms with Gasteiger partial charge in [-0.05, 0) is 39.9 Å². The highest BCUT2D eigenvalue weighted by molar-refractivity contribution is 5.84. The van der Waals surface area contributed by atoms with E-state index in [1.54, 1.807) is 7.11 Å². The van der Waals surface area contributed by atoms with Crippen molar-refractivity contribution in [2.75, 3.05) is 7.11 Å². The molecule has 0 bridgehead atoms. The molecule has 1 unspecified atom stereocenters. The van der Waals surface area contributed by atoms with Crippen LogP contribution < -0.4 is 10.5 Å². The van der Waals surface area contributed by atoms with Crippen molar-refractivity contribution in [3.63, 3.8) is 0 Å². The summed E-state index contributed by atoms with van der Waals surface area (Å²) in [4.78, 5) is 0. The highest BCUT2D eigenvalue weighted by Crippen LogP contribution is 2.32. The number of fused-ring (bicyclic) bond motifs is 1. The van der Waals surface area contributed by atoms with Crippen molar-refractivity contribution in [3.05, 3.63) is 42.0 Å². The Kier molecular flexibility index (Phi) is 3.31. The lowest BCUT2D eigenvalue weighted by atomic mass is 9.82. The first-order chi connectivity index (χ1) is 8.41. The molecule has 0 aromatic heterocycles. The molecule has 2 N–H and O–H groups in total. The third-order valence-corrected chi connectivity index (χ3v) is 3.36. The van der Waals surface area contributed by atoms with E-state index in [0.717, 1.165) is 5.75 Å². The summed E-state index contributed by atoms with van der Waals surface area (Å²) < 4.78 is 5.23. The molecule has 18 heavy (non-hydrogen) atoms. The Morgan fingerprint density at radius 1 is 1.00 bits per heavy atom. The quantitative estimate of drug-likeness (QED) is 0.868. The van der Waals surface area contributed by atoms with Gasteiger partial charge in [0.05, 0.1) is 7.11 Å². The number of methoxy groups -OCH3 is 1. The third-order valence-electron chi connectivity index (χ3n) is 3.36. The molecule has 0 radical (unpaired) electrons. The van der Waals surface area contributed by atoms with Crippen LogP contribution in [0.15, 0.2) is 36.4 Å². The molecule has 0 fully saturated rings. The van der Waals surface area contributed by atoms with Crippen LogP contribution in [-0.2, 0) is 0 Å². The summed E-state index contributed by atoms with van der Waals surface area (Å²) in [6, 6.07) is 12.5. The van der Waals surface area contributed by atoms with Gasteiger partial charge in [-0.2, -0.15) is 0 Å². The maximum absolute atomic E-state index is 6.29. The van der Waals surface area contributed by atoms with E-state index in [9.17, 15) is 0 Å². The first-order valence-corrected chi connectivity index (χ1v) is 6.25. The summed E-state index contributed by atoms with van der Waals surface area (Å²) in [5, 5.41) is 2.38. The molecule has 0 saturated heterocycles. The number of rotatable bonds is 2. The van der Waals surface area contributed by atoms with E-state index < -0.39 is 0 Å². The lowest BCUT2D eigenvalue weighted by molar-refractivity contribution is 0.327. The van der Waals surface area contributed by atoms with Crippen LogP contribution in [0, 0.1) is 5.41 Å². The Morgan fingerprint density at radius 2 is 1.61 bits per heavy atom. The molecular formula is C16H21NO. The minimum atomic E-state index is 0.0454. The van der Waals surface area contributed by atoms with E-state index in [4.69, 9.17) is 10.5 Å². The average Bonchev–Trinajstić information content (AvgIpc) is 2.35. The normalized spacial score (nSPS) is 13.6. The zero-order valence-corrected chi connectivity index (χ0v) is 11.5. The molecule has 96 valence electrons. The third kappa shape index (κ3) is 2.49. The SMILES string of the molecule is COc1ccc2cc(C(N)C(C)(C)C)ccc2c1. The monoisotopic (exact) mass is 243 g/mol.